The number of nitrogens with one attached hydrogen (secondary N) is 1. The van der Waals surface area contributed by atoms with Gasteiger partial charge in [-0.25, -0.2) is 18.3 Å². The summed E-state index contributed by atoms with van der Waals surface area (Å²) >= 11 is 0. The summed E-state index contributed by atoms with van der Waals surface area (Å²) < 4.78 is 32.5. The van der Waals surface area contributed by atoms with Gasteiger partial charge in [0, 0.05) is 12.6 Å². The van der Waals surface area contributed by atoms with Gasteiger partial charge in [0.15, 0.2) is 11.6 Å². The molecule has 1 amide bonds. The fourth-order valence-electron chi connectivity index (χ4n) is 2.26. The van der Waals surface area contributed by atoms with Crippen LogP contribution >= 0.6 is 0 Å². The van der Waals surface area contributed by atoms with Gasteiger partial charge in [-0.15, -0.1) is 5.10 Å². The zero-order chi connectivity index (χ0) is 18.4. The Morgan fingerprint density at radius 1 is 1.12 bits per heavy atom. The molecule has 0 saturated heterocycles. The van der Waals surface area contributed by atoms with E-state index in [4.69, 9.17) is 4.74 Å². The Balaban J connectivity index is 1.47. The van der Waals surface area contributed by atoms with Crippen LogP contribution in [0.2, 0.25) is 0 Å². The quantitative estimate of drug-likeness (QED) is 0.735. The number of hydrogen-bond donors (Lipinski definition) is 1. The SMILES string of the molecule is O=C(NCCc1ccccc1)OCc1cn(-c2ccc(F)c(F)c2)nn1. The van der Waals surface area contributed by atoms with Gasteiger partial charge in [0.25, 0.3) is 0 Å². The number of benzene rings is 2. The fraction of sp³-hybridized carbons (Fsp3) is 0.167. The average molecular weight is 358 g/mol. The summed E-state index contributed by atoms with van der Waals surface area (Å²) in [6, 6.07) is 13.1. The minimum absolute atomic E-state index is 0.0825. The number of nitrogens with zero attached hydrogens (tertiary/aromatic N) is 3. The van der Waals surface area contributed by atoms with Crippen LogP contribution in [0, 0.1) is 11.6 Å². The van der Waals surface area contributed by atoms with E-state index in [1.807, 2.05) is 30.3 Å². The van der Waals surface area contributed by atoms with Gasteiger partial charge in [-0.2, -0.15) is 0 Å². The van der Waals surface area contributed by atoms with E-state index in [-0.39, 0.29) is 6.61 Å². The van der Waals surface area contributed by atoms with Gasteiger partial charge in [0.1, 0.15) is 12.3 Å². The van der Waals surface area contributed by atoms with Crippen LogP contribution < -0.4 is 5.32 Å². The zero-order valence-electron chi connectivity index (χ0n) is 13.7. The zero-order valence-corrected chi connectivity index (χ0v) is 13.7. The van der Waals surface area contributed by atoms with Crippen LogP contribution in [0.15, 0.2) is 54.7 Å². The van der Waals surface area contributed by atoms with Gasteiger partial charge < -0.3 is 10.1 Å². The maximum atomic E-state index is 13.3. The molecule has 6 nitrogen and oxygen atoms in total. The highest BCUT2D eigenvalue weighted by atomic mass is 19.2. The number of aromatic nitrogens is 3. The van der Waals surface area contributed by atoms with Crippen molar-refractivity contribution in [3.8, 4) is 5.69 Å². The van der Waals surface area contributed by atoms with E-state index in [2.05, 4.69) is 15.6 Å². The first-order chi connectivity index (χ1) is 12.6. The second kappa shape index (κ2) is 8.19. The van der Waals surface area contributed by atoms with E-state index in [9.17, 15) is 13.6 Å². The molecular weight excluding hydrogens is 342 g/mol. The summed E-state index contributed by atoms with van der Waals surface area (Å²) in [4.78, 5) is 11.7. The van der Waals surface area contributed by atoms with Gasteiger partial charge in [-0.05, 0) is 24.1 Å². The molecule has 0 fully saturated rings. The van der Waals surface area contributed by atoms with Crippen LogP contribution in [-0.2, 0) is 17.8 Å². The van der Waals surface area contributed by atoms with Crippen molar-refractivity contribution in [2.75, 3.05) is 6.54 Å². The number of rotatable bonds is 6. The first-order valence-corrected chi connectivity index (χ1v) is 7.93. The van der Waals surface area contributed by atoms with Crippen LogP contribution in [0.25, 0.3) is 5.69 Å². The van der Waals surface area contributed by atoms with Crippen molar-refractivity contribution in [3.05, 3.63) is 77.6 Å². The molecule has 0 aliphatic rings. The molecule has 1 N–H and O–H groups in total. The molecule has 0 bridgehead atoms. The van der Waals surface area contributed by atoms with Crippen LogP contribution in [0.5, 0.6) is 0 Å². The number of carbonyl (C=O) groups excluding carboxylic acids is 1. The molecule has 134 valence electrons. The molecule has 1 heterocycles. The third-order valence-electron chi connectivity index (χ3n) is 3.59. The van der Waals surface area contributed by atoms with Crippen LogP contribution in [0.3, 0.4) is 0 Å². The van der Waals surface area contributed by atoms with Crippen molar-refractivity contribution in [2.24, 2.45) is 0 Å². The van der Waals surface area contributed by atoms with Crippen molar-refractivity contribution in [2.45, 2.75) is 13.0 Å². The summed E-state index contributed by atoms with van der Waals surface area (Å²) in [6.45, 7) is 0.366. The van der Waals surface area contributed by atoms with E-state index < -0.39 is 17.7 Å². The molecule has 0 radical (unpaired) electrons. The molecule has 0 atom stereocenters. The highest BCUT2D eigenvalue weighted by Crippen LogP contribution is 2.12. The summed E-state index contributed by atoms with van der Waals surface area (Å²) in [5.41, 5.74) is 1.81. The third-order valence-corrected chi connectivity index (χ3v) is 3.59. The maximum absolute atomic E-state index is 13.3. The molecular formula is C18H16F2N4O2. The van der Waals surface area contributed by atoms with Gasteiger partial charge >= 0.3 is 6.09 Å². The first kappa shape index (κ1) is 17.5. The highest BCUT2D eigenvalue weighted by molar-refractivity contribution is 5.67. The number of halogens is 2. The summed E-state index contributed by atoms with van der Waals surface area (Å²) in [5.74, 6) is -1.92. The Morgan fingerprint density at radius 3 is 2.69 bits per heavy atom. The Bertz CT molecular complexity index is 884. The predicted molar refractivity (Wildman–Crippen MR) is 89.6 cm³/mol. The lowest BCUT2D eigenvalue weighted by molar-refractivity contribution is 0.138. The number of ether oxygens (including phenoxy) is 1. The van der Waals surface area contributed by atoms with Crippen LogP contribution in [0.4, 0.5) is 13.6 Å². The largest absolute Gasteiger partial charge is 0.443 e. The average Bonchev–Trinajstić information content (AvgIpc) is 3.12. The van der Waals surface area contributed by atoms with E-state index in [0.717, 1.165) is 17.7 Å². The standard InChI is InChI=1S/C18H16F2N4O2/c19-16-7-6-15(10-17(16)20)24-11-14(22-23-24)12-26-18(25)21-9-8-13-4-2-1-3-5-13/h1-7,10-11H,8-9,12H2,(H,21,25). The third kappa shape index (κ3) is 4.62. The van der Waals surface area contributed by atoms with Gasteiger partial charge in [-0.3, -0.25) is 0 Å². The Kier molecular flexibility index (Phi) is 5.52. The summed E-state index contributed by atoms with van der Waals surface area (Å²) in [7, 11) is 0. The molecule has 1 aromatic heterocycles. The fourth-order valence-corrected chi connectivity index (χ4v) is 2.26. The van der Waals surface area contributed by atoms with Crippen molar-refractivity contribution in [1.82, 2.24) is 20.3 Å². The molecule has 3 rings (SSSR count). The molecule has 0 unspecified atom stereocenters. The Morgan fingerprint density at radius 2 is 1.92 bits per heavy atom. The van der Waals surface area contributed by atoms with E-state index in [1.165, 1.54) is 16.9 Å². The highest BCUT2D eigenvalue weighted by Gasteiger charge is 2.09. The lowest BCUT2D eigenvalue weighted by atomic mass is 10.1. The molecule has 0 saturated carbocycles. The van der Waals surface area contributed by atoms with E-state index in [0.29, 0.717) is 24.3 Å². The van der Waals surface area contributed by atoms with Gasteiger partial charge in [0.2, 0.25) is 0 Å². The van der Waals surface area contributed by atoms with Crippen molar-refractivity contribution >= 4 is 6.09 Å². The molecule has 0 aliphatic carbocycles. The van der Waals surface area contributed by atoms with Crippen LogP contribution in [-0.4, -0.2) is 27.6 Å². The minimum atomic E-state index is -0.978. The monoisotopic (exact) mass is 358 g/mol. The van der Waals surface area contributed by atoms with E-state index in [1.54, 1.807) is 0 Å². The Hall–Kier alpha value is -3.29. The number of carbonyl (C=O) groups is 1. The summed E-state index contributed by atoms with van der Waals surface area (Å²) in [5, 5.41) is 10.3. The van der Waals surface area contributed by atoms with Gasteiger partial charge in [0.05, 0.1) is 11.9 Å². The van der Waals surface area contributed by atoms with Gasteiger partial charge in [-0.1, -0.05) is 35.5 Å². The number of hydrogen-bond acceptors (Lipinski definition) is 4. The second-order valence-electron chi connectivity index (χ2n) is 5.49. The predicted octanol–water partition coefficient (Wildman–Crippen LogP) is 3.01. The lowest BCUT2D eigenvalue weighted by Gasteiger charge is -2.05. The normalized spacial score (nSPS) is 10.5. The minimum Gasteiger partial charge on any atom is -0.443 e. The Labute approximate surface area is 148 Å². The topological polar surface area (TPSA) is 69.0 Å². The molecule has 26 heavy (non-hydrogen) atoms. The first-order valence-electron chi connectivity index (χ1n) is 7.93. The number of alkyl carbamates (subject to hydrolysis) is 1. The van der Waals surface area contributed by atoms with Crippen molar-refractivity contribution in [1.29, 1.82) is 0 Å². The lowest BCUT2D eigenvalue weighted by Crippen LogP contribution is -2.26. The number of amides is 1. The molecule has 2 aromatic carbocycles. The second-order valence-corrected chi connectivity index (χ2v) is 5.49. The smallest absolute Gasteiger partial charge is 0.407 e. The van der Waals surface area contributed by atoms with E-state index >= 15 is 0 Å². The van der Waals surface area contributed by atoms with Crippen molar-refractivity contribution in [3.63, 3.8) is 0 Å². The maximum Gasteiger partial charge on any atom is 0.407 e. The molecule has 0 aliphatic heterocycles. The van der Waals surface area contributed by atoms with Crippen molar-refractivity contribution < 1.29 is 18.3 Å². The molecule has 8 heteroatoms. The molecule has 0 spiro atoms. The van der Waals surface area contributed by atoms with Crippen LogP contribution in [0.1, 0.15) is 11.3 Å². The molecule has 3 aromatic rings. The summed E-state index contributed by atoms with van der Waals surface area (Å²) in [6.07, 6.45) is 1.61.